The quantitative estimate of drug-likeness (QED) is 0.0963. The summed E-state index contributed by atoms with van der Waals surface area (Å²) in [4.78, 5) is 31.4. The molecular weight excluding hydrogens is 468 g/mol. The number of nitro groups is 1. The third-order valence-electron chi connectivity index (χ3n) is 6.44. The number of aryl methyl sites for hydroxylation is 1. The number of nitrogens with zero attached hydrogens (tertiary/aromatic N) is 3. The molecule has 0 bridgehead atoms. The van der Waals surface area contributed by atoms with Gasteiger partial charge in [-0.25, -0.2) is 9.97 Å². The van der Waals surface area contributed by atoms with Crippen LogP contribution in [0.2, 0.25) is 0 Å². The number of anilines is 2. The maximum Gasteiger partial charge on any atom is 0.354 e. The van der Waals surface area contributed by atoms with Gasteiger partial charge in [0.2, 0.25) is 11.6 Å². The number of unbranched alkanes of at least 4 members (excludes halogenated alkanes) is 13. The van der Waals surface area contributed by atoms with Crippen molar-refractivity contribution in [2.75, 3.05) is 17.3 Å². The minimum atomic E-state index is -0.548. The Kier molecular flexibility index (Phi) is 14.7. The standard InChI is InChI=1S/C28H44N6O3/c1-3-4-5-6-7-8-9-10-11-12-13-14-15-16-21-29-26-25(34(36)37)27(31-22-30-26)32-33-28(35)24-19-17-23(2)18-20-24/h17-20,22H,3-16,21H2,1-2H3,(H,33,35)(H2,29,30,31,32). The zero-order valence-electron chi connectivity index (χ0n) is 22.6. The van der Waals surface area contributed by atoms with Gasteiger partial charge in [0.25, 0.3) is 5.91 Å². The van der Waals surface area contributed by atoms with Crippen molar-refractivity contribution in [1.82, 2.24) is 15.4 Å². The Morgan fingerprint density at radius 3 is 1.86 bits per heavy atom. The first-order chi connectivity index (χ1) is 18.0. The molecule has 2 rings (SSSR count). The van der Waals surface area contributed by atoms with Gasteiger partial charge in [-0.3, -0.25) is 25.8 Å². The zero-order valence-corrected chi connectivity index (χ0v) is 22.6. The largest absolute Gasteiger partial charge is 0.364 e. The summed E-state index contributed by atoms with van der Waals surface area (Å²) in [5.41, 5.74) is 6.21. The van der Waals surface area contributed by atoms with Crippen LogP contribution in [0.25, 0.3) is 0 Å². The average Bonchev–Trinajstić information content (AvgIpc) is 2.89. The second-order valence-electron chi connectivity index (χ2n) is 9.64. The predicted molar refractivity (Wildman–Crippen MR) is 150 cm³/mol. The van der Waals surface area contributed by atoms with Crippen LogP contribution in [-0.2, 0) is 0 Å². The van der Waals surface area contributed by atoms with Gasteiger partial charge >= 0.3 is 5.69 Å². The van der Waals surface area contributed by atoms with Crippen LogP contribution >= 0.6 is 0 Å². The second kappa shape index (κ2) is 18.1. The molecule has 0 aliphatic rings. The lowest BCUT2D eigenvalue weighted by atomic mass is 10.0. The number of carbonyl (C=O) groups excluding carboxylic acids is 1. The molecule has 2 aromatic rings. The van der Waals surface area contributed by atoms with Crippen LogP contribution in [0.1, 0.15) is 113 Å². The van der Waals surface area contributed by atoms with Gasteiger partial charge in [0, 0.05) is 12.1 Å². The molecule has 0 atom stereocenters. The minimum Gasteiger partial charge on any atom is -0.364 e. The molecule has 3 N–H and O–H groups in total. The van der Waals surface area contributed by atoms with Crippen LogP contribution in [0.4, 0.5) is 17.3 Å². The molecule has 0 saturated heterocycles. The molecule has 0 saturated carbocycles. The van der Waals surface area contributed by atoms with Crippen LogP contribution in [0.5, 0.6) is 0 Å². The lowest BCUT2D eigenvalue weighted by Gasteiger charge is -2.11. The lowest BCUT2D eigenvalue weighted by molar-refractivity contribution is -0.383. The van der Waals surface area contributed by atoms with Crippen LogP contribution in [0.15, 0.2) is 30.6 Å². The first-order valence-corrected chi connectivity index (χ1v) is 13.9. The lowest BCUT2D eigenvalue weighted by Crippen LogP contribution is -2.30. The highest BCUT2D eigenvalue weighted by molar-refractivity contribution is 5.95. The van der Waals surface area contributed by atoms with E-state index >= 15 is 0 Å². The van der Waals surface area contributed by atoms with Crippen LogP contribution < -0.4 is 16.2 Å². The number of nitrogens with one attached hydrogen (secondary N) is 3. The molecule has 1 aromatic heterocycles. The zero-order chi connectivity index (χ0) is 26.7. The van der Waals surface area contributed by atoms with Crippen molar-refractivity contribution in [3.05, 3.63) is 51.8 Å². The van der Waals surface area contributed by atoms with Crippen molar-refractivity contribution >= 4 is 23.2 Å². The molecule has 0 fully saturated rings. The van der Waals surface area contributed by atoms with E-state index in [0.717, 1.165) is 18.4 Å². The highest BCUT2D eigenvalue weighted by Crippen LogP contribution is 2.28. The van der Waals surface area contributed by atoms with E-state index in [4.69, 9.17) is 0 Å². The number of hydrogen-bond acceptors (Lipinski definition) is 7. The maximum atomic E-state index is 12.3. The summed E-state index contributed by atoms with van der Waals surface area (Å²) in [5, 5.41) is 14.7. The first kappa shape index (κ1) is 30.0. The molecule has 1 heterocycles. The van der Waals surface area contributed by atoms with Crippen molar-refractivity contribution < 1.29 is 9.72 Å². The van der Waals surface area contributed by atoms with E-state index < -0.39 is 10.8 Å². The van der Waals surface area contributed by atoms with Gasteiger partial charge in [-0.15, -0.1) is 0 Å². The van der Waals surface area contributed by atoms with Crippen LogP contribution in [0, 0.1) is 17.0 Å². The summed E-state index contributed by atoms with van der Waals surface area (Å²) in [7, 11) is 0. The summed E-state index contributed by atoms with van der Waals surface area (Å²) in [6, 6.07) is 7.01. The topological polar surface area (TPSA) is 122 Å². The number of benzene rings is 1. The molecule has 0 aliphatic heterocycles. The fourth-order valence-corrected chi connectivity index (χ4v) is 4.19. The van der Waals surface area contributed by atoms with Gasteiger partial charge in [0.15, 0.2) is 0 Å². The summed E-state index contributed by atoms with van der Waals surface area (Å²) in [5.74, 6) is -0.337. The molecule has 9 heteroatoms. The Labute approximate surface area is 221 Å². The van der Waals surface area contributed by atoms with Gasteiger partial charge in [-0.2, -0.15) is 0 Å². The van der Waals surface area contributed by atoms with E-state index in [1.807, 2.05) is 19.1 Å². The SMILES string of the molecule is CCCCCCCCCCCCCCCCNc1ncnc(NNC(=O)c2ccc(C)cc2)c1[N+](=O)[O-]. The van der Waals surface area contributed by atoms with E-state index in [-0.39, 0.29) is 17.3 Å². The Hall–Kier alpha value is -3.23. The molecule has 204 valence electrons. The molecule has 1 aromatic carbocycles. The smallest absolute Gasteiger partial charge is 0.354 e. The first-order valence-electron chi connectivity index (χ1n) is 13.9. The summed E-state index contributed by atoms with van der Waals surface area (Å²) < 4.78 is 0. The summed E-state index contributed by atoms with van der Waals surface area (Å²) in [6.07, 6.45) is 19.1. The third kappa shape index (κ3) is 12.0. The fraction of sp³-hybridized carbons (Fsp3) is 0.607. The number of aromatic nitrogens is 2. The van der Waals surface area contributed by atoms with Gasteiger partial charge in [0.05, 0.1) is 4.92 Å². The molecule has 0 spiro atoms. The van der Waals surface area contributed by atoms with Gasteiger partial charge in [-0.1, -0.05) is 108 Å². The Balaban J connectivity index is 1.63. The van der Waals surface area contributed by atoms with E-state index in [9.17, 15) is 14.9 Å². The van der Waals surface area contributed by atoms with Crippen molar-refractivity contribution in [3.63, 3.8) is 0 Å². The number of hydrogen-bond donors (Lipinski definition) is 3. The van der Waals surface area contributed by atoms with Gasteiger partial charge in [0.1, 0.15) is 6.33 Å². The van der Waals surface area contributed by atoms with Crippen molar-refractivity contribution in [3.8, 4) is 0 Å². The number of carbonyl (C=O) groups is 1. The molecule has 9 nitrogen and oxygen atoms in total. The summed E-state index contributed by atoms with van der Waals surface area (Å²) >= 11 is 0. The number of hydrazine groups is 1. The molecule has 0 radical (unpaired) electrons. The summed E-state index contributed by atoms with van der Waals surface area (Å²) in [6.45, 7) is 4.77. The Bertz CT molecular complexity index is 936. The minimum absolute atomic E-state index is 0.0658. The van der Waals surface area contributed by atoms with Gasteiger partial charge < -0.3 is 5.32 Å². The van der Waals surface area contributed by atoms with Crippen molar-refractivity contribution in [2.24, 2.45) is 0 Å². The van der Waals surface area contributed by atoms with Crippen LogP contribution in [0.3, 0.4) is 0 Å². The predicted octanol–water partition coefficient (Wildman–Crippen LogP) is 7.34. The molecule has 0 aliphatic carbocycles. The second-order valence-corrected chi connectivity index (χ2v) is 9.64. The normalized spacial score (nSPS) is 10.8. The van der Waals surface area contributed by atoms with E-state index in [2.05, 4.69) is 33.1 Å². The molecule has 0 unspecified atom stereocenters. The number of amides is 1. The third-order valence-corrected chi connectivity index (χ3v) is 6.44. The monoisotopic (exact) mass is 512 g/mol. The van der Waals surface area contributed by atoms with E-state index in [1.165, 1.54) is 83.4 Å². The maximum absolute atomic E-state index is 12.3. The average molecular weight is 513 g/mol. The van der Waals surface area contributed by atoms with Crippen molar-refractivity contribution in [2.45, 2.75) is 104 Å². The molecule has 37 heavy (non-hydrogen) atoms. The van der Waals surface area contributed by atoms with E-state index in [0.29, 0.717) is 12.1 Å². The molecular formula is C28H44N6O3. The Morgan fingerprint density at radius 2 is 1.32 bits per heavy atom. The van der Waals surface area contributed by atoms with E-state index in [1.54, 1.807) is 12.1 Å². The fourth-order valence-electron chi connectivity index (χ4n) is 4.19. The Morgan fingerprint density at radius 1 is 0.811 bits per heavy atom. The highest BCUT2D eigenvalue weighted by Gasteiger charge is 2.23. The molecule has 1 amide bonds. The van der Waals surface area contributed by atoms with Gasteiger partial charge in [-0.05, 0) is 25.5 Å². The number of rotatable bonds is 20. The highest BCUT2D eigenvalue weighted by atomic mass is 16.6. The van der Waals surface area contributed by atoms with Crippen molar-refractivity contribution in [1.29, 1.82) is 0 Å². The van der Waals surface area contributed by atoms with Crippen LogP contribution in [-0.4, -0.2) is 27.3 Å².